The second-order valence-electron chi connectivity index (χ2n) is 3.49. The number of benzene rings is 1. The average molecular weight is 191 g/mol. The fourth-order valence-corrected chi connectivity index (χ4v) is 1.80. The topological polar surface area (TPSA) is 38.3 Å². The van der Waals surface area contributed by atoms with E-state index < -0.39 is 0 Å². The molecule has 0 saturated heterocycles. The first-order chi connectivity index (χ1) is 6.72. The minimum atomic E-state index is -0.265. The largest absolute Gasteiger partial charge is 0.465 e. The number of hydrogen-bond donors (Lipinski definition) is 1. The van der Waals surface area contributed by atoms with Gasteiger partial charge < -0.3 is 10.1 Å². The van der Waals surface area contributed by atoms with Crippen LogP contribution in [0.5, 0.6) is 0 Å². The molecule has 0 unspecified atom stereocenters. The van der Waals surface area contributed by atoms with Crippen LogP contribution in [0.4, 0.5) is 5.69 Å². The number of fused-ring (bicyclic) bond motifs is 1. The first-order valence-corrected chi connectivity index (χ1v) is 4.68. The summed E-state index contributed by atoms with van der Waals surface area (Å²) in [6, 6.07) is 3.94. The van der Waals surface area contributed by atoms with Crippen molar-refractivity contribution in [2.75, 3.05) is 19.0 Å². The predicted molar refractivity (Wildman–Crippen MR) is 54.7 cm³/mol. The van der Waals surface area contributed by atoms with Crippen molar-refractivity contribution in [3.05, 3.63) is 28.8 Å². The standard InChI is InChI=1S/C11H13NO2/c1-7-5-8-3-4-12-10(8)6-9(7)11(13)14-2/h5-6,12H,3-4H2,1-2H3. The van der Waals surface area contributed by atoms with Crippen molar-refractivity contribution in [3.63, 3.8) is 0 Å². The molecular weight excluding hydrogens is 178 g/mol. The van der Waals surface area contributed by atoms with E-state index in [9.17, 15) is 4.79 Å². The third-order valence-electron chi connectivity index (χ3n) is 2.57. The van der Waals surface area contributed by atoms with Crippen LogP contribution in [0, 0.1) is 6.92 Å². The number of aryl methyl sites for hydroxylation is 1. The molecule has 0 fully saturated rings. The van der Waals surface area contributed by atoms with Crippen molar-refractivity contribution in [2.24, 2.45) is 0 Å². The number of esters is 1. The van der Waals surface area contributed by atoms with Gasteiger partial charge in [-0.1, -0.05) is 6.07 Å². The van der Waals surface area contributed by atoms with Crippen LogP contribution in [-0.4, -0.2) is 19.6 Å². The maximum atomic E-state index is 11.4. The maximum Gasteiger partial charge on any atom is 0.338 e. The van der Waals surface area contributed by atoms with Crippen LogP contribution in [0.15, 0.2) is 12.1 Å². The second-order valence-corrected chi connectivity index (χ2v) is 3.49. The zero-order valence-corrected chi connectivity index (χ0v) is 8.39. The molecule has 2 rings (SSSR count). The normalized spacial score (nSPS) is 13.3. The van der Waals surface area contributed by atoms with E-state index in [0.29, 0.717) is 5.56 Å². The highest BCUT2D eigenvalue weighted by atomic mass is 16.5. The molecule has 3 nitrogen and oxygen atoms in total. The number of anilines is 1. The molecule has 0 aromatic heterocycles. The number of ether oxygens (including phenoxy) is 1. The number of methoxy groups -OCH3 is 1. The smallest absolute Gasteiger partial charge is 0.338 e. The minimum Gasteiger partial charge on any atom is -0.465 e. The molecule has 74 valence electrons. The first-order valence-electron chi connectivity index (χ1n) is 4.68. The van der Waals surface area contributed by atoms with Crippen molar-refractivity contribution >= 4 is 11.7 Å². The van der Waals surface area contributed by atoms with Crippen LogP contribution in [0.25, 0.3) is 0 Å². The quantitative estimate of drug-likeness (QED) is 0.687. The van der Waals surface area contributed by atoms with Crippen molar-refractivity contribution < 1.29 is 9.53 Å². The molecule has 1 aliphatic rings. The molecule has 3 heteroatoms. The molecule has 1 N–H and O–H groups in total. The van der Waals surface area contributed by atoms with E-state index in [2.05, 4.69) is 11.4 Å². The van der Waals surface area contributed by atoms with Gasteiger partial charge in [0.15, 0.2) is 0 Å². The summed E-state index contributed by atoms with van der Waals surface area (Å²) in [7, 11) is 1.41. The van der Waals surface area contributed by atoms with E-state index in [1.54, 1.807) is 0 Å². The van der Waals surface area contributed by atoms with Gasteiger partial charge >= 0.3 is 5.97 Å². The van der Waals surface area contributed by atoms with Crippen LogP contribution in [0.3, 0.4) is 0 Å². The van der Waals surface area contributed by atoms with Gasteiger partial charge in [-0.25, -0.2) is 4.79 Å². The lowest BCUT2D eigenvalue weighted by atomic mass is 10.0. The summed E-state index contributed by atoms with van der Waals surface area (Å²) in [6.45, 7) is 2.89. The second kappa shape index (κ2) is 3.33. The molecule has 1 aromatic rings. The van der Waals surface area contributed by atoms with Crippen LogP contribution >= 0.6 is 0 Å². The van der Waals surface area contributed by atoms with E-state index in [4.69, 9.17) is 4.74 Å². The summed E-state index contributed by atoms with van der Waals surface area (Å²) in [5.74, 6) is -0.265. The Morgan fingerprint density at radius 3 is 3.00 bits per heavy atom. The molecule has 0 aliphatic carbocycles. The van der Waals surface area contributed by atoms with Crippen LogP contribution in [0.1, 0.15) is 21.5 Å². The third kappa shape index (κ3) is 1.35. The van der Waals surface area contributed by atoms with Crippen LogP contribution < -0.4 is 5.32 Å². The van der Waals surface area contributed by atoms with Crippen LogP contribution in [0.2, 0.25) is 0 Å². The molecule has 0 saturated carbocycles. The molecule has 0 bridgehead atoms. The Kier molecular flexibility index (Phi) is 2.15. The van der Waals surface area contributed by atoms with Gasteiger partial charge in [-0.15, -0.1) is 0 Å². The fraction of sp³-hybridized carbons (Fsp3) is 0.364. The number of carbonyl (C=O) groups is 1. The van der Waals surface area contributed by atoms with Gasteiger partial charge in [0.25, 0.3) is 0 Å². The zero-order chi connectivity index (χ0) is 10.1. The van der Waals surface area contributed by atoms with Crippen LogP contribution in [-0.2, 0) is 11.2 Å². The number of carbonyl (C=O) groups excluding carboxylic acids is 1. The lowest BCUT2D eigenvalue weighted by molar-refractivity contribution is 0.0600. The molecule has 0 atom stereocenters. The van der Waals surface area contributed by atoms with E-state index in [-0.39, 0.29) is 5.97 Å². The maximum absolute atomic E-state index is 11.4. The average Bonchev–Trinajstić information content (AvgIpc) is 2.62. The van der Waals surface area contributed by atoms with Gasteiger partial charge in [-0.3, -0.25) is 0 Å². The Hall–Kier alpha value is -1.51. The number of rotatable bonds is 1. The zero-order valence-electron chi connectivity index (χ0n) is 8.39. The number of nitrogens with one attached hydrogen (secondary N) is 1. The summed E-state index contributed by atoms with van der Waals surface area (Å²) in [5, 5.41) is 3.24. The number of hydrogen-bond acceptors (Lipinski definition) is 3. The van der Waals surface area contributed by atoms with Gasteiger partial charge in [0.1, 0.15) is 0 Å². The lowest BCUT2D eigenvalue weighted by Crippen LogP contribution is -2.04. The molecule has 1 aliphatic heterocycles. The van der Waals surface area contributed by atoms with Gasteiger partial charge in [0.05, 0.1) is 12.7 Å². The van der Waals surface area contributed by atoms with E-state index >= 15 is 0 Å². The van der Waals surface area contributed by atoms with Gasteiger partial charge in [-0.2, -0.15) is 0 Å². The molecule has 0 spiro atoms. The van der Waals surface area contributed by atoms with E-state index in [0.717, 1.165) is 24.2 Å². The highest BCUT2D eigenvalue weighted by Crippen LogP contribution is 2.26. The van der Waals surface area contributed by atoms with Crippen molar-refractivity contribution in [1.29, 1.82) is 0 Å². The molecule has 14 heavy (non-hydrogen) atoms. The molecular formula is C11H13NO2. The Bertz CT molecular complexity index is 385. The van der Waals surface area contributed by atoms with E-state index in [1.807, 2.05) is 13.0 Å². The predicted octanol–water partition coefficient (Wildman–Crippen LogP) is 1.75. The monoisotopic (exact) mass is 191 g/mol. The molecule has 1 aromatic carbocycles. The third-order valence-corrected chi connectivity index (χ3v) is 2.57. The summed E-state index contributed by atoms with van der Waals surface area (Å²) >= 11 is 0. The van der Waals surface area contributed by atoms with Gasteiger partial charge in [-0.05, 0) is 30.5 Å². The molecule has 0 radical (unpaired) electrons. The van der Waals surface area contributed by atoms with Crippen molar-refractivity contribution in [3.8, 4) is 0 Å². The summed E-state index contributed by atoms with van der Waals surface area (Å²) in [5.41, 5.74) is 3.99. The van der Waals surface area contributed by atoms with Gasteiger partial charge in [0, 0.05) is 12.2 Å². The minimum absolute atomic E-state index is 0.265. The fourth-order valence-electron chi connectivity index (χ4n) is 1.80. The molecule has 1 heterocycles. The Morgan fingerprint density at radius 2 is 2.29 bits per heavy atom. The Morgan fingerprint density at radius 1 is 1.50 bits per heavy atom. The highest BCUT2D eigenvalue weighted by molar-refractivity contribution is 5.92. The SMILES string of the molecule is COC(=O)c1cc2c(cc1C)CCN2. The van der Waals surface area contributed by atoms with Crippen molar-refractivity contribution in [1.82, 2.24) is 0 Å². The molecule has 0 amide bonds. The summed E-state index contributed by atoms with van der Waals surface area (Å²) in [6.07, 6.45) is 1.04. The highest BCUT2D eigenvalue weighted by Gasteiger charge is 2.16. The summed E-state index contributed by atoms with van der Waals surface area (Å²) < 4.78 is 4.71. The van der Waals surface area contributed by atoms with E-state index in [1.165, 1.54) is 12.7 Å². The van der Waals surface area contributed by atoms with Gasteiger partial charge in [0.2, 0.25) is 0 Å². The summed E-state index contributed by atoms with van der Waals surface area (Å²) in [4.78, 5) is 11.4. The Labute approximate surface area is 83.1 Å². The first kappa shape index (κ1) is 9.06. The Balaban J connectivity index is 2.47. The van der Waals surface area contributed by atoms with Crippen molar-refractivity contribution in [2.45, 2.75) is 13.3 Å². The lowest BCUT2D eigenvalue weighted by Gasteiger charge is -2.07.